The number of nitrogens with zero attached hydrogens (tertiary/aromatic N) is 1. The standard InChI is InChI=1S/C24H31ClNO5S2/c1-6-13-32(28,29)23(24(25)33(30,31)14-7-2)21(26-12-8-9-18(4)16-26)22(27)20-11-10-17(3)15-19(20)5/h8-12,15-16,24H,6-7,13-14H2,1-5H3/q+1/b23-21+/t24-/m1/s1. The van der Waals surface area contributed by atoms with Crippen LogP contribution < -0.4 is 4.57 Å². The molecule has 0 aliphatic heterocycles. The molecule has 0 aliphatic carbocycles. The number of sulfone groups is 2. The molecule has 9 heteroatoms. The molecule has 0 N–H and O–H groups in total. The lowest BCUT2D eigenvalue weighted by Gasteiger charge is -2.17. The zero-order valence-corrected chi connectivity index (χ0v) is 22.0. The van der Waals surface area contributed by atoms with E-state index in [1.807, 2.05) is 13.0 Å². The van der Waals surface area contributed by atoms with Gasteiger partial charge in [0.1, 0.15) is 0 Å². The number of ketones is 1. The van der Waals surface area contributed by atoms with Crippen molar-refractivity contribution in [2.75, 3.05) is 11.5 Å². The Hall–Kier alpha value is -2.03. The molecule has 180 valence electrons. The molecular formula is C24H31ClNO5S2+. The largest absolute Gasteiger partial charge is 0.282 e. The Morgan fingerprint density at radius 3 is 2.15 bits per heavy atom. The summed E-state index contributed by atoms with van der Waals surface area (Å²) in [5.74, 6) is -1.23. The number of pyridine rings is 1. The fraction of sp³-hybridized carbons (Fsp3) is 0.417. The molecule has 0 unspecified atom stereocenters. The molecule has 1 atom stereocenters. The van der Waals surface area contributed by atoms with Crippen molar-refractivity contribution in [3.8, 4) is 0 Å². The van der Waals surface area contributed by atoms with Crippen LogP contribution >= 0.6 is 11.6 Å². The Labute approximate surface area is 202 Å². The van der Waals surface area contributed by atoms with Crippen LogP contribution in [-0.4, -0.2) is 38.8 Å². The fourth-order valence-electron chi connectivity index (χ4n) is 3.61. The summed E-state index contributed by atoms with van der Waals surface area (Å²) in [7, 11) is -8.22. The summed E-state index contributed by atoms with van der Waals surface area (Å²) in [4.78, 5) is 13.3. The maximum Gasteiger partial charge on any atom is 0.276 e. The Morgan fingerprint density at radius 1 is 0.970 bits per heavy atom. The van der Waals surface area contributed by atoms with E-state index in [0.29, 0.717) is 5.56 Å². The molecule has 1 aromatic carbocycles. The number of hydrogen-bond acceptors (Lipinski definition) is 5. The van der Waals surface area contributed by atoms with Crippen LogP contribution in [0.4, 0.5) is 0 Å². The minimum atomic E-state index is -4.18. The zero-order valence-electron chi connectivity index (χ0n) is 19.6. The van der Waals surface area contributed by atoms with Gasteiger partial charge in [-0.2, -0.15) is 4.57 Å². The van der Waals surface area contributed by atoms with E-state index in [1.54, 1.807) is 58.2 Å². The first-order chi connectivity index (χ1) is 15.4. The molecule has 2 rings (SSSR count). The van der Waals surface area contributed by atoms with Crippen LogP contribution in [-0.2, 0) is 19.7 Å². The third-order valence-electron chi connectivity index (χ3n) is 5.10. The van der Waals surface area contributed by atoms with Gasteiger partial charge in [-0.15, -0.1) is 0 Å². The van der Waals surface area contributed by atoms with Gasteiger partial charge in [-0.3, -0.25) is 4.79 Å². The molecule has 1 aromatic heterocycles. The summed E-state index contributed by atoms with van der Waals surface area (Å²) < 4.78 is 52.2. The van der Waals surface area contributed by atoms with E-state index in [-0.39, 0.29) is 35.6 Å². The van der Waals surface area contributed by atoms with Gasteiger partial charge in [-0.1, -0.05) is 49.2 Å². The van der Waals surface area contributed by atoms with Crippen LogP contribution in [0.15, 0.2) is 47.6 Å². The number of carbonyl (C=O) groups is 1. The van der Waals surface area contributed by atoms with Gasteiger partial charge in [0.2, 0.25) is 0 Å². The van der Waals surface area contributed by atoms with E-state index in [1.165, 1.54) is 10.8 Å². The molecule has 0 fully saturated rings. The number of aryl methyl sites for hydroxylation is 3. The third-order valence-corrected chi connectivity index (χ3v) is 10.3. The zero-order chi connectivity index (χ0) is 25.0. The van der Waals surface area contributed by atoms with Crippen molar-refractivity contribution in [3.63, 3.8) is 0 Å². The van der Waals surface area contributed by atoms with Crippen molar-refractivity contribution in [1.29, 1.82) is 0 Å². The summed E-state index contributed by atoms with van der Waals surface area (Å²) >= 11 is 6.43. The fourth-order valence-corrected chi connectivity index (χ4v) is 8.01. The number of Topliss-reactive ketones (excluding diaryl/α,β-unsaturated/α-hetero) is 1. The van der Waals surface area contributed by atoms with Crippen molar-refractivity contribution >= 4 is 42.8 Å². The number of hydrogen-bond donors (Lipinski definition) is 0. The molecule has 0 spiro atoms. The van der Waals surface area contributed by atoms with Crippen LogP contribution in [0.2, 0.25) is 0 Å². The number of allylic oxidation sites excluding steroid dienone is 1. The Balaban J connectivity index is 3.03. The Bertz CT molecular complexity index is 1280. The molecule has 2 aromatic rings. The van der Waals surface area contributed by atoms with Gasteiger partial charge < -0.3 is 0 Å². The van der Waals surface area contributed by atoms with Crippen LogP contribution in [0.3, 0.4) is 0 Å². The quantitative estimate of drug-likeness (QED) is 0.206. The van der Waals surface area contributed by atoms with Gasteiger partial charge in [0.25, 0.3) is 11.5 Å². The van der Waals surface area contributed by atoms with E-state index in [0.717, 1.165) is 11.1 Å². The molecule has 0 aliphatic rings. The van der Waals surface area contributed by atoms with Crippen molar-refractivity contribution < 1.29 is 26.2 Å². The predicted molar refractivity (Wildman–Crippen MR) is 133 cm³/mol. The van der Waals surface area contributed by atoms with E-state index in [2.05, 4.69) is 0 Å². The second-order valence-electron chi connectivity index (χ2n) is 8.15. The molecule has 0 saturated carbocycles. The number of halogens is 1. The first kappa shape index (κ1) is 27.2. The van der Waals surface area contributed by atoms with Crippen molar-refractivity contribution in [2.45, 2.75) is 52.2 Å². The van der Waals surface area contributed by atoms with E-state index in [9.17, 15) is 21.6 Å². The van der Waals surface area contributed by atoms with Crippen LogP contribution in [0.1, 0.15) is 53.7 Å². The first-order valence-corrected chi connectivity index (χ1v) is 14.6. The number of aromatic nitrogens is 1. The first-order valence-electron chi connectivity index (χ1n) is 10.8. The SMILES string of the molecule is CCCS(=O)(=O)/C(=C(\C(=O)c1ccc(C)cc1C)[n+]1cccc(C)c1)[C@H](Cl)S(=O)(=O)CCC. The lowest BCUT2D eigenvalue weighted by atomic mass is 10.00. The molecule has 0 radical (unpaired) electrons. The average molecular weight is 513 g/mol. The number of benzene rings is 1. The van der Waals surface area contributed by atoms with Gasteiger partial charge in [-0.25, -0.2) is 16.8 Å². The lowest BCUT2D eigenvalue weighted by molar-refractivity contribution is -0.577. The molecule has 1 heterocycles. The third kappa shape index (κ3) is 6.31. The lowest BCUT2D eigenvalue weighted by Crippen LogP contribution is -2.41. The summed E-state index contributed by atoms with van der Waals surface area (Å²) in [6, 6.07) is 8.65. The van der Waals surface area contributed by atoms with Gasteiger partial charge in [-0.05, 0) is 45.2 Å². The molecule has 0 bridgehead atoms. The van der Waals surface area contributed by atoms with Crippen LogP contribution in [0, 0.1) is 20.8 Å². The van der Waals surface area contributed by atoms with E-state index in [4.69, 9.17) is 11.6 Å². The predicted octanol–water partition coefficient (Wildman–Crippen LogP) is 4.17. The molecule has 6 nitrogen and oxygen atoms in total. The molecule has 0 saturated heterocycles. The maximum atomic E-state index is 13.9. The van der Waals surface area contributed by atoms with Gasteiger partial charge in [0.15, 0.2) is 41.7 Å². The monoisotopic (exact) mass is 512 g/mol. The van der Waals surface area contributed by atoms with Gasteiger partial charge in [0.05, 0.1) is 11.5 Å². The maximum absolute atomic E-state index is 13.9. The number of alkyl halides is 1. The smallest absolute Gasteiger partial charge is 0.276 e. The van der Waals surface area contributed by atoms with E-state index < -0.39 is 35.1 Å². The number of rotatable bonds is 10. The minimum Gasteiger partial charge on any atom is -0.282 e. The molecular weight excluding hydrogens is 482 g/mol. The van der Waals surface area contributed by atoms with Gasteiger partial charge >= 0.3 is 0 Å². The topological polar surface area (TPSA) is 89.2 Å². The second-order valence-corrected chi connectivity index (χ2v) is 13.1. The normalized spacial score (nSPS) is 14.0. The highest BCUT2D eigenvalue weighted by Crippen LogP contribution is 2.30. The molecule has 33 heavy (non-hydrogen) atoms. The molecule has 0 amide bonds. The summed E-state index contributed by atoms with van der Waals surface area (Å²) in [5.41, 5.74) is 2.38. The van der Waals surface area contributed by atoms with Crippen molar-refractivity contribution in [2.24, 2.45) is 0 Å². The van der Waals surface area contributed by atoms with Crippen molar-refractivity contribution in [3.05, 3.63) is 69.9 Å². The highest BCUT2D eigenvalue weighted by atomic mass is 35.5. The van der Waals surface area contributed by atoms with E-state index >= 15 is 0 Å². The highest BCUT2D eigenvalue weighted by molar-refractivity contribution is 7.99. The second kappa shape index (κ2) is 10.9. The summed E-state index contributed by atoms with van der Waals surface area (Å²) in [6.07, 6.45) is 3.63. The van der Waals surface area contributed by atoms with Crippen molar-refractivity contribution in [1.82, 2.24) is 0 Å². The minimum absolute atomic E-state index is 0.243. The Morgan fingerprint density at radius 2 is 1.61 bits per heavy atom. The van der Waals surface area contributed by atoms with Crippen LogP contribution in [0.5, 0.6) is 0 Å². The number of carbonyl (C=O) groups excluding carboxylic acids is 1. The summed E-state index contributed by atoms with van der Waals surface area (Å²) in [6.45, 7) is 8.77. The van der Waals surface area contributed by atoms with Crippen LogP contribution in [0.25, 0.3) is 5.70 Å². The Kier molecular flexibility index (Phi) is 9.01. The average Bonchev–Trinajstić information content (AvgIpc) is 2.70. The summed E-state index contributed by atoms with van der Waals surface area (Å²) in [5, 5.41) is 0. The highest BCUT2D eigenvalue weighted by Gasteiger charge is 2.43. The van der Waals surface area contributed by atoms with Gasteiger partial charge in [0, 0.05) is 17.2 Å².